The summed E-state index contributed by atoms with van der Waals surface area (Å²) in [5.41, 5.74) is 0. The van der Waals surface area contributed by atoms with E-state index in [1.54, 1.807) is 0 Å². The summed E-state index contributed by atoms with van der Waals surface area (Å²) in [5.74, 6) is 4.55. The highest BCUT2D eigenvalue weighted by molar-refractivity contribution is 4.89. The van der Waals surface area contributed by atoms with Crippen molar-refractivity contribution in [2.75, 3.05) is 0 Å². The van der Waals surface area contributed by atoms with Crippen molar-refractivity contribution in [3.05, 3.63) is 0 Å². The van der Waals surface area contributed by atoms with Crippen molar-refractivity contribution >= 4 is 0 Å². The van der Waals surface area contributed by atoms with Crippen LogP contribution >= 0.6 is 0 Å². The number of alkyl halides is 1. The van der Waals surface area contributed by atoms with Crippen LogP contribution in [0.15, 0.2) is 0 Å². The molecular formula is C21H37F. The van der Waals surface area contributed by atoms with Crippen LogP contribution in [0, 0.1) is 35.5 Å². The van der Waals surface area contributed by atoms with E-state index >= 15 is 0 Å². The molecule has 3 aliphatic rings. The molecule has 0 radical (unpaired) electrons. The lowest BCUT2D eigenvalue weighted by atomic mass is 9.64. The molecule has 0 N–H and O–H groups in total. The summed E-state index contributed by atoms with van der Waals surface area (Å²) < 4.78 is 14.9. The number of hydrogen-bond donors (Lipinski definition) is 0. The van der Waals surface area contributed by atoms with Gasteiger partial charge in [0.25, 0.3) is 0 Å². The van der Waals surface area contributed by atoms with Crippen LogP contribution in [0.4, 0.5) is 4.39 Å². The molecule has 0 aromatic rings. The fraction of sp³-hybridized carbons (Fsp3) is 1.00. The number of rotatable bonds is 3. The summed E-state index contributed by atoms with van der Waals surface area (Å²) in [4.78, 5) is 0. The van der Waals surface area contributed by atoms with Crippen molar-refractivity contribution in [3.8, 4) is 0 Å². The molecule has 0 amide bonds. The highest BCUT2D eigenvalue weighted by Gasteiger charge is 2.39. The second-order valence-corrected chi connectivity index (χ2v) is 8.96. The molecule has 0 aliphatic heterocycles. The molecule has 0 nitrogen and oxygen atoms in total. The predicted molar refractivity (Wildman–Crippen MR) is 92.6 cm³/mol. The molecule has 0 heterocycles. The largest absolute Gasteiger partial charge is 0.247 e. The van der Waals surface area contributed by atoms with Crippen molar-refractivity contribution < 1.29 is 4.39 Å². The van der Waals surface area contributed by atoms with E-state index in [4.69, 9.17) is 0 Å². The molecule has 0 aromatic carbocycles. The van der Waals surface area contributed by atoms with E-state index in [0.717, 1.165) is 24.2 Å². The minimum absolute atomic E-state index is 0.413. The molecule has 3 unspecified atom stereocenters. The fourth-order valence-corrected chi connectivity index (χ4v) is 5.91. The zero-order valence-corrected chi connectivity index (χ0v) is 14.9. The highest BCUT2D eigenvalue weighted by atomic mass is 19.1. The molecule has 3 fully saturated rings. The molecule has 3 rings (SSSR count). The Bertz CT molecular complexity index is 323. The van der Waals surface area contributed by atoms with Crippen LogP contribution in [-0.4, -0.2) is 6.17 Å². The maximum Gasteiger partial charge on any atom is 0.103 e. The molecule has 3 atom stereocenters. The van der Waals surface area contributed by atoms with E-state index in [1.165, 1.54) is 70.6 Å². The van der Waals surface area contributed by atoms with E-state index in [9.17, 15) is 4.39 Å². The fourth-order valence-electron chi connectivity index (χ4n) is 5.91. The van der Waals surface area contributed by atoms with Crippen LogP contribution < -0.4 is 0 Å². The van der Waals surface area contributed by atoms with Gasteiger partial charge >= 0.3 is 0 Å². The lowest BCUT2D eigenvalue weighted by Gasteiger charge is -2.42. The Labute approximate surface area is 137 Å². The summed E-state index contributed by atoms with van der Waals surface area (Å²) in [6, 6.07) is 0. The summed E-state index contributed by atoms with van der Waals surface area (Å²) in [6.07, 6.45) is 15.2. The Balaban J connectivity index is 1.48. The Kier molecular flexibility index (Phi) is 5.85. The van der Waals surface area contributed by atoms with Crippen molar-refractivity contribution in [2.45, 2.75) is 97.1 Å². The first kappa shape index (κ1) is 16.8. The third kappa shape index (κ3) is 3.88. The minimum Gasteiger partial charge on any atom is -0.247 e. The zero-order chi connectivity index (χ0) is 15.5. The zero-order valence-electron chi connectivity index (χ0n) is 14.9. The number of hydrogen-bond acceptors (Lipinski definition) is 0. The van der Waals surface area contributed by atoms with E-state index < -0.39 is 6.17 Å². The summed E-state index contributed by atoms with van der Waals surface area (Å²) in [5, 5.41) is 0. The average molecular weight is 309 g/mol. The van der Waals surface area contributed by atoms with Gasteiger partial charge in [0.2, 0.25) is 0 Å². The van der Waals surface area contributed by atoms with Crippen LogP contribution in [0.25, 0.3) is 0 Å². The Morgan fingerprint density at radius 1 is 0.727 bits per heavy atom. The first-order valence-electron chi connectivity index (χ1n) is 10.3. The van der Waals surface area contributed by atoms with Gasteiger partial charge in [-0.15, -0.1) is 0 Å². The molecule has 128 valence electrons. The summed E-state index contributed by atoms with van der Waals surface area (Å²) in [6.45, 7) is 4.71. The minimum atomic E-state index is -0.485. The Morgan fingerprint density at radius 3 is 1.91 bits per heavy atom. The van der Waals surface area contributed by atoms with E-state index in [1.807, 2.05) is 0 Å². The predicted octanol–water partition coefficient (Wildman–Crippen LogP) is 6.78. The first-order chi connectivity index (χ1) is 10.7. The van der Waals surface area contributed by atoms with Gasteiger partial charge in [-0.1, -0.05) is 46.0 Å². The molecule has 0 bridgehead atoms. The smallest absolute Gasteiger partial charge is 0.103 e. The van der Waals surface area contributed by atoms with Gasteiger partial charge in [-0.25, -0.2) is 4.39 Å². The third-order valence-corrected chi connectivity index (χ3v) is 7.66. The molecule has 1 heteroatoms. The second-order valence-electron chi connectivity index (χ2n) is 8.96. The molecule has 3 saturated carbocycles. The molecule has 0 aromatic heterocycles. The van der Waals surface area contributed by atoms with Crippen LogP contribution in [0.2, 0.25) is 0 Å². The van der Waals surface area contributed by atoms with Crippen molar-refractivity contribution in [2.24, 2.45) is 35.5 Å². The molecule has 0 spiro atoms. The monoisotopic (exact) mass is 308 g/mol. The highest BCUT2D eigenvalue weighted by Crippen LogP contribution is 2.47. The van der Waals surface area contributed by atoms with Crippen LogP contribution in [0.1, 0.15) is 90.9 Å². The summed E-state index contributed by atoms with van der Waals surface area (Å²) in [7, 11) is 0. The SMILES string of the molecule is CCC1CCC(C2CCC(C3CCC(C)CC3)CC2F)CC1. The van der Waals surface area contributed by atoms with E-state index in [-0.39, 0.29) is 0 Å². The summed E-state index contributed by atoms with van der Waals surface area (Å²) >= 11 is 0. The Morgan fingerprint density at radius 2 is 1.32 bits per heavy atom. The van der Waals surface area contributed by atoms with Gasteiger partial charge < -0.3 is 0 Å². The first-order valence-corrected chi connectivity index (χ1v) is 10.3. The van der Waals surface area contributed by atoms with Gasteiger partial charge in [-0.2, -0.15) is 0 Å². The van der Waals surface area contributed by atoms with Crippen LogP contribution in [0.5, 0.6) is 0 Å². The van der Waals surface area contributed by atoms with Gasteiger partial charge in [0.05, 0.1) is 0 Å². The lowest BCUT2D eigenvalue weighted by molar-refractivity contribution is 0.0338. The molecule has 22 heavy (non-hydrogen) atoms. The third-order valence-electron chi connectivity index (χ3n) is 7.66. The quantitative estimate of drug-likeness (QED) is 0.539. The van der Waals surface area contributed by atoms with Gasteiger partial charge in [-0.05, 0) is 80.5 Å². The van der Waals surface area contributed by atoms with Crippen molar-refractivity contribution in [1.82, 2.24) is 0 Å². The Hall–Kier alpha value is -0.0700. The topological polar surface area (TPSA) is 0 Å². The van der Waals surface area contributed by atoms with Crippen LogP contribution in [-0.2, 0) is 0 Å². The maximum absolute atomic E-state index is 14.9. The van der Waals surface area contributed by atoms with E-state index in [0.29, 0.717) is 17.8 Å². The van der Waals surface area contributed by atoms with Gasteiger partial charge in [0.1, 0.15) is 6.17 Å². The standard InChI is InChI=1S/C21H37F/c1-3-16-6-10-18(11-7-16)20-13-12-19(14-21(20)22)17-8-4-15(2)5-9-17/h15-21H,3-14H2,1-2H3. The average Bonchev–Trinajstić information content (AvgIpc) is 2.56. The molecule has 0 saturated heterocycles. The normalized spacial score (nSPS) is 47.3. The molecule has 3 aliphatic carbocycles. The van der Waals surface area contributed by atoms with Gasteiger partial charge in [0, 0.05) is 0 Å². The maximum atomic E-state index is 14.9. The van der Waals surface area contributed by atoms with Gasteiger partial charge in [-0.3, -0.25) is 0 Å². The van der Waals surface area contributed by atoms with Crippen molar-refractivity contribution in [1.29, 1.82) is 0 Å². The molecular weight excluding hydrogens is 271 g/mol. The van der Waals surface area contributed by atoms with E-state index in [2.05, 4.69) is 13.8 Å². The second kappa shape index (κ2) is 7.67. The van der Waals surface area contributed by atoms with Crippen LogP contribution in [0.3, 0.4) is 0 Å². The van der Waals surface area contributed by atoms with Crippen molar-refractivity contribution in [3.63, 3.8) is 0 Å². The van der Waals surface area contributed by atoms with Gasteiger partial charge in [0.15, 0.2) is 0 Å². The number of halogens is 1. The lowest BCUT2D eigenvalue weighted by Crippen LogP contribution is -2.36.